The van der Waals surface area contributed by atoms with Crippen molar-refractivity contribution in [2.45, 2.75) is 38.9 Å². The van der Waals surface area contributed by atoms with Gasteiger partial charge in [-0.05, 0) is 59.4 Å². The second kappa shape index (κ2) is 6.30. The minimum Gasteiger partial charge on any atom is -0.399 e. The topological polar surface area (TPSA) is 51.6 Å². The molecule has 0 atom stereocenters. The third-order valence-electron chi connectivity index (χ3n) is 5.25. The summed E-state index contributed by atoms with van der Waals surface area (Å²) < 4.78 is 14.2. The predicted octanol–water partition coefficient (Wildman–Crippen LogP) is 1.85. The first-order valence-corrected chi connectivity index (χ1v) is 8.81. The molecule has 0 unspecified atom stereocenters. The zero-order valence-corrected chi connectivity index (χ0v) is 16.4. The second-order valence-electron chi connectivity index (χ2n) is 8.07. The molecular formula is C18H29BN4O2. The van der Waals surface area contributed by atoms with Crippen LogP contribution in [-0.2, 0) is 16.4 Å². The van der Waals surface area contributed by atoms with Gasteiger partial charge in [-0.3, -0.25) is 4.68 Å². The number of likely N-dealkylation sites (N-methyl/N-ethyl adjacent to an activating group) is 1. The van der Waals surface area contributed by atoms with E-state index in [1.807, 2.05) is 11.7 Å². The van der Waals surface area contributed by atoms with E-state index in [-0.39, 0.29) is 18.3 Å². The lowest BCUT2D eigenvalue weighted by molar-refractivity contribution is 0.00578. The highest BCUT2D eigenvalue weighted by Crippen LogP contribution is 2.36. The highest BCUT2D eigenvalue weighted by Gasteiger charge is 2.51. The van der Waals surface area contributed by atoms with Crippen molar-refractivity contribution < 1.29 is 9.31 Å². The molecule has 1 aliphatic heterocycles. The van der Waals surface area contributed by atoms with Crippen molar-refractivity contribution in [2.75, 3.05) is 32.5 Å². The summed E-state index contributed by atoms with van der Waals surface area (Å²) in [5.74, 6) is 0.916. The number of fused-ring (bicyclic) bond motifs is 1. The first-order valence-electron chi connectivity index (χ1n) is 8.81. The Labute approximate surface area is 150 Å². The Morgan fingerprint density at radius 2 is 1.80 bits per heavy atom. The molecule has 0 bridgehead atoms. The van der Waals surface area contributed by atoms with E-state index < -0.39 is 0 Å². The number of aromatic nitrogens is 2. The maximum Gasteiger partial charge on any atom is 0.494 e. The number of anilines is 1. The van der Waals surface area contributed by atoms with Crippen LogP contribution in [0.2, 0.25) is 0 Å². The highest BCUT2D eigenvalue weighted by molar-refractivity contribution is 6.62. The molecule has 0 aliphatic carbocycles. The van der Waals surface area contributed by atoms with Gasteiger partial charge in [-0.1, -0.05) is 6.07 Å². The van der Waals surface area contributed by atoms with Crippen molar-refractivity contribution in [3.05, 3.63) is 18.2 Å². The molecule has 2 heterocycles. The maximum absolute atomic E-state index is 6.16. The second-order valence-corrected chi connectivity index (χ2v) is 8.07. The van der Waals surface area contributed by atoms with Gasteiger partial charge in [0, 0.05) is 25.5 Å². The molecule has 1 aromatic heterocycles. The molecule has 1 aromatic carbocycles. The average Bonchev–Trinajstić information content (AvgIpc) is 2.92. The molecule has 7 heteroatoms. The van der Waals surface area contributed by atoms with Crippen LogP contribution in [0.15, 0.2) is 18.2 Å². The Balaban J connectivity index is 1.85. The van der Waals surface area contributed by atoms with E-state index in [4.69, 9.17) is 9.31 Å². The van der Waals surface area contributed by atoms with Crippen LogP contribution in [0.25, 0.3) is 10.9 Å². The van der Waals surface area contributed by atoms with Crippen molar-refractivity contribution in [1.29, 1.82) is 0 Å². The van der Waals surface area contributed by atoms with Crippen LogP contribution in [0.5, 0.6) is 0 Å². The monoisotopic (exact) mass is 344 g/mol. The van der Waals surface area contributed by atoms with E-state index in [0.29, 0.717) is 0 Å². The smallest absolute Gasteiger partial charge is 0.399 e. The standard InChI is InChI=1S/C18H29BN4O2/c1-17(2)18(3,4)25-19(24-17)13-8-9-14-15(12-13)23(7)21-16(14)20-10-11-22(5)6/h8-9,12H,10-11H2,1-7H3,(H,20,21). The van der Waals surface area contributed by atoms with Crippen LogP contribution in [0.3, 0.4) is 0 Å². The molecule has 1 N–H and O–H groups in total. The van der Waals surface area contributed by atoms with Gasteiger partial charge in [0.1, 0.15) is 0 Å². The minimum atomic E-state index is -0.352. The maximum atomic E-state index is 6.16. The first-order chi connectivity index (χ1) is 11.6. The van der Waals surface area contributed by atoms with E-state index in [1.54, 1.807) is 0 Å². The molecule has 6 nitrogen and oxygen atoms in total. The van der Waals surface area contributed by atoms with Crippen molar-refractivity contribution >= 4 is 29.3 Å². The first kappa shape index (κ1) is 18.2. The van der Waals surface area contributed by atoms with E-state index >= 15 is 0 Å². The molecule has 1 fully saturated rings. The fraction of sp³-hybridized carbons (Fsp3) is 0.611. The molecule has 0 saturated carbocycles. The van der Waals surface area contributed by atoms with Gasteiger partial charge in [-0.2, -0.15) is 5.10 Å². The summed E-state index contributed by atoms with van der Waals surface area (Å²) in [5, 5.41) is 9.15. The summed E-state index contributed by atoms with van der Waals surface area (Å²) in [5.41, 5.74) is 1.42. The number of nitrogens with zero attached hydrogens (tertiary/aromatic N) is 3. The lowest BCUT2D eigenvalue weighted by Crippen LogP contribution is -2.41. The fourth-order valence-corrected chi connectivity index (χ4v) is 2.93. The Bertz CT molecular complexity index is 754. The number of benzene rings is 1. The molecule has 25 heavy (non-hydrogen) atoms. The SMILES string of the molecule is CN(C)CCNc1nn(C)c2cc(B3OC(C)(C)C(C)(C)O3)ccc12. The fourth-order valence-electron chi connectivity index (χ4n) is 2.93. The van der Waals surface area contributed by atoms with Gasteiger partial charge in [0.2, 0.25) is 0 Å². The summed E-state index contributed by atoms with van der Waals surface area (Å²) >= 11 is 0. The average molecular weight is 344 g/mol. The molecule has 0 radical (unpaired) electrons. The molecule has 0 spiro atoms. The molecule has 0 amide bonds. The zero-order valence-electron chi connectivity index (χ0n) is 16.4. The highest BCUT2D eigenvalue weighted by atomic mass is 16.7. The van der Waals surface area contributed by atoms with Gasteiger partial charge in [0.05, 0.1) is 16.7 Å². The van der Waals surface area contributed by atoms with Crippen LogP contribution in [0.4, 0.5) is 5.82 Å². The number of hydrogen-bond acceptors (Lipinski definition) is 5. The van der Waals surface area contributed by atoms with Crippen molar-refractivity contribution in [1.82, 2.24) is 14.7 Å². The molecule has 3 rings (SSSR count). The van der Waals surface area contributed by atoms with Crippen LogP contribution in [0, 0.1) is 0 Å². The van der Waals surface area contributed by atoms with E-state index in [0.717, 1.165) is 35.3 Å². The van der Waals surface area contributed by atoms with Gasteiger partial charge < -0.3 is 19.5 Å². The predicted molar refractivity (Wildman–Crippen MR) is 103 cm³/mol. The molecular weight excluding hydrogens is 315 g/mol. The normalized spacial score (nSPS) is 19.1. The molecule has 2 aromatic rings. The minimum absolute atomic E-state index is 0.335. The quantitative estimate of drug-likeness (QED) is 0.839. The summed E-state index contributed by atoms with van der Waals surface area (Å²) in [4.78, 5) is 2.15. The molecule has 136 valence electrons. The summed E-state index contributed by atoms with van der Waals surface area (Å²) in [6, 6.07) is 6.28. The Kier molecular flexibility index (Phi) is 4.60. The van der Waals surface area contributed by atoms with Gasteiger partial charge >= 0.3 is 7.12 Å². The third-order valence-corrected chi connectivity index (χ3v) is 5.25. The van der Waals surface area contributed by atoms with Crippen LogP contribution in [-0.4, -0.2) is 60.2 Å². The largest absolute Gasteiger partial charge is 0.494 e. The van der Waals surface area contributed by atoms with Crippen molar-refractivity contribution in [3.8, 4) is 0 Å². The van der Waals surface area contributed by atoms with Crippen LogP contribution < -0.4 is 10.8 Å². The number of nitrogens with one attached hydrogen (secondary N) is 1. The number of aryl methyl sites for hydroxylation is 1. The third kappa shape index (κ3) is 3.41. The van der Waals surface area contributed by atoms with Gasteiger partial charge in [-0.15, -0.1) is 0 Å². The van der Waals surface area contributed by atoms with Gasteiger partial charge in [0.25, 0.3) is 0 Å². The van der Waals surface area contributed by atoms with E-state index in [2.05, 4.69) is 75.3 Å². The number of hydrogen-bond donors (Lipinski definition) is 1. The van der Waals surface area contributed by atoms with E-state index in [1.165, 1.54) is 0 Å². The van der Waals surface area contributed by atoms with Gasteiger partial charge in [-0.25, -0.2) is 0 Å². The zero-order chi connectivity index (χ0) is 18.4. The van der Waals surface area contributed by atoms with Crippen molar-refractivity contribution in [2.24, 2.45) is 7.05 Å². The Morgan fingerprint density at radius 1 is 1.16 bits per heavy atom. The van der Waals surface area contributed by atoms with E-state index in [9.17, 15) is 0 Å². The molecule has 1 aliphatic rings. The lowest BCUT2D eigenvalue weighted by atomic mass is 9.79. The number of rotatable bonds is 5. The lowest BCUT2D eigenvalue weighted by Gasteiger charge is -2.32. The van der Waals surface area contributed by atoms with Crippen molar-refractivity contribution in [3.63, 3.8) is 0 Å². The van der Waals surface area contributed by atoms with Crippen LogP contribution in [0.1, 0.15) is 27.7 Å². The summed E-state index contributed by atoms with van der Waals surface area (Å²) in [7, 11) is 5.74. The summed E-state index contributed by atoms with van der Waals surface area (Å²) in [6.45, 7) is 10.1. The Morgan fingerprint density at radius 3 is 2.40 bits per heavy atom. The van der Waals surface area contributed by atoms with Gasteiger partial charge in [0.15, 0.2) is 5.82 Å². The molecule has 1 saturated heterocycles. The summed E-state index contributed by atoms with van der Waals surface area (Å²) in [6.07, 6.45) is 0. The Hall–Kier alpha value is -1.57. The van der Waals surface area contributed by atoms with Crippen LogP contribution >= 0.6 is 0 Å².